The summed E-state index contributed by atoms with van der Waals surface area (Å²) in [5, 5.41) is 3.71. The van der Waals surface area contributed by atoms with E-state index in [1.165, 1.54) is 30.5 Å². The molecule has 0 bridgehead atoms. The minimum Gasteiger partial charge on any atom is -0.487 e. The van der Waals surface area contributed by atoms with E-state index in [2.05, 4.69) is 15.3 Å². The maximum atomic E-state index is 14.2. The van der Waals surface area contributed by atoms with E-state index in [4.69, 9.17) is 4.74 Å². The van der Waals surface area contributed by atoms with Gasteiger partial charge in [-0.05, 0) is 42.5 Å². The zero-order valence-electron chi connectivity index (χ0n) is 13.2. The molecule has 0 amide bonds. The van der Waals surface area contributed by atoms with Crippen LogP contribution in [0.3, 0.4) is 0 Å². The Hall–Kier alpha value is -2.63. The number of pyridine rings is 1. The molecule has 0 atom stereocenters. The molecule has 0 aliphatic heterocycles. The first-order chi connectivity index (χ1) is 11.7. The summed E-state index contributed by atoms with van der Waals surface area (Å²) < 4.78 is 33.7. The molecule has 0 radical (unpaired) electrons. The molecule has 124 valence electrons. The van der Waals surface area contributed by atoms with Crippen LogP contribution in [-0.4, -0.2) is 17.0 Å². The number of aromatic nitrogens is 2. The highest BCUT2D eigenvalue weighted by atomic mass is 19.1. The van der Waals surface area contributed by atoms with Crippen molar-refractivity contribution in [3.05, 3.63) is 53.4 Å². The molecule has 1 saturated carbocycles. The van der Waals surface area contributed by atoms with Gasteiger partial charge in [0.2, 0.25) is 0 Å². The molecule has 24 heavy (non-hydrogen) atoms. The second-order valence-electron chi connectivity index (χ2n) is 6.01. The summed E-state index contributed by atoms with van der Waals surface area (Å²) in [6.45, 7) is -0.191. The van der Waals surface area contributed by atoms with Crippen LogP contribution >= 0.6 is 0 Å². The fourth-order valence-electron chi connectivity index (χ4n) is 2.89. The Balaban J connectivity index is 1.60. The van der Waals surface area contributed by atoms with Crippen molar-refractivity contribution in [2.75, 3.05) is 12.4 Å². The van der Waals surface area contributed by atoms with Gasteiger partial charge in [0.1, 0.15) is 23.8 Å². The number of ether oxygens (including phenoxy) is 1. The van der Waals surface area contributed by atoms with Gasteiger partial charge < -0.3 is 15.0 Å². The smallest absolute Gasteiger partial charge is 0.155 e. The molecule has 1 fully saturated rings. The van der Waals surface area contributed by atoms with Crippen molar-refractivity contribution in [2.24, 2.45) is 0 Å². The van der Waals surface area contributed by atoms with Crippen LogP contribution in [0.25, 0.3) is 11.0 Å². The van der Waals surface area contributed by atoms with Crippen molar-refractivity contribution in [1.29, 1.82) is 0 Å². The van der Waals surface area contributed by atoms with E-state index < -0.39 is 11.6 Å². The number of hydrogen-bond donors (Lipinski definition) is 2. The summed E-state index contributed by atoms with van der Waals surface area (Å²) in [7, 11) is 1.59. The number of benzene rings is 1. The van der Waals surface area contributed by atoms with Crippen LogP contribution in [0, 0.1) is 11.6 Å². The molecule has 1 aliphatic rings. The molecule has 1 aliphatic carbocycles. The molecule has 0 spiro atoms. The largest absolute Gasteiger partial charge is 0.487 e. The molecule has 4 rings (SSSR count). The predicted molar refractivity (Wildman–Crippen MR) is 88.3 cm³/mol. The Bertz CT molecular complexity index is 903. The fourth-order valence-corrected chi connectivity index (χ4v) is 2.89. The van der Waals surface area contributed by atoms with Crippen LogP contribution in [0.2, 0.25) is 0 Å². The van der Waals surface area contributed by atoms with E-state index in [1.807, 2.05) is 12.3 Å². The quantitative estimate of drug-likeness (QED) is 0.732. The molecule has 2 aromatic heterocycles. The van der Waals surface area contributed by atoms with Crippen LogP contribution in [0.5, 0.6) is 5.75 Å². The standard InChI is InChI=1S/C18H17F2N3O/c1-21-16-5-4-15(19)14(17(16)20)9-24-11-6-12-13(10-2-3-10)8-23-18(12)22-7-11/h4-8,10,21H,2-3,9H2,1H3,(H,22,23). The highest BCUT2D eigenvalue weighted by Gasteiger charge is 2.26. The van der Waals surface area contributed by atoms with Gasteiger partial charge in [-0.25, -0.2) is 13.8 Å². The summed E-state index contributed by atoms with van der Waals surface area (Å²) in [5.74, 6) is -0.177. The number of nitrogens with zero attached hydrogens (tertiary/aromatic N) is 1. The van der Waals surface area contributed by atoms with Crippen LogP contribution < -0.4 is 10.1 Å². The lowest BCUT2D eigenvalue weighted by atomic mass is 10.1. The van der Waals surface area contributed by atoms with Gasteiger partial charge in [0.05, 0.1) is 17.4 Å². The SMILES string of the molecule is CNc1ccc(F)c(COc2cnc3[nH]cc(C4CC4)c3c2)c1F. The third kappa shape index (κ3) is 2.58. The number of halogens is 2. The minimum atomic E-state index is -0.633. The third-order valence-corrected chi connectivity index (χ3v) is 4.39. The number of hydrogen-bond acceptors (Lipinski definition) is 3. The van der Waals surface area contributed by atoms with Crippen molar-refractivity contribution in [1.82, 2.24) is 9.97 Å². The van der Waals surface area contributed by atoms with Crippen molar-refractivity contribution in [3.8, 4) is 5.75 Å². The molecular weight excluding hydrogens is 312 g/mol. The number of nitrogens with one attached hydrogen (secondary N) is 2. The lowest BCUT2D eigenvalue weighted by Gasteiger charge is -2.11. The Morgan fingerprint density at radius 3 is 2.92 bits per heavy atom. The van der Waals surface area contributed by atoms with Gasteiger partial charge >= 0.3 is 0 Å². The normalized spacial score (nSPS) is 14.1. The predicted octanol–water partition coefficient (Wildman–Crippen LogP) is 4.34. The van der Waals surface area contributed by atoms with Crippen molar-refractivity contribution < 1.29 is 13.5 Å². The van der Waals surface area contributed by atoms with Crippen molar-refractivity contribution in [2.45, 2.75) is 25.4 Å². The average molecular weight is 329 g/mol. The number of anilines is 1. The maximum absolute atomic E-state index is 14.2. The molecule has 1 aromatic carbocycles. The first-order valence-electron chi connectivity index (χ1n) is 7.92. The van der Waals surface area contributed by atoms with E-state index in [9.17, 15) is 8.78 Å². The zero-order chi connectivity index (χ0) is 16.7. The molecule has 0 saturated heterocycles. The highest BCUT2D eigenvalue weighted by molar-refractivity contribution is 5.82. The van der Waals surface area contributed by atoms with Gasteiger partial charge in [-0.15, -0.1) is 0 Å². The Kier molecular flexibility index (Phi) is 3.59. The van der Waals surface area contributed by atoms with Gasteiger partial charge in [-0.2, -0.15) is 0 Å². The fraction of sp³-hybridized carbons (Fsp3) is 0.278. The first-order valence-corrected chi connectivity index (χ1v) is 7.92. The second-order valence-corrected chi connectivity index (χ2v) is 6.01. The summed E-state index contributed by atoms with van der Waals surface area (Å²) >= 11 is 0. The number of fused-ring (bicyclic) bond motifs is 1. The van der Waals surface area contributed by atoms with Gasteiger partial charge in [0.15, 0.2) is 5.82 Å². The van der Waals surface area contributed by atoms with E-state index in [-0.39, 0.29) is 17.9 Å². The molecule has 2 N–H and O–H groups in total. The molecular formula is C18H17F2N3O. The topological polar surface area (TPSA) is 49.9 Å². The highest BCUT2D eigenvalue weighted by Crippen LogP contribution is 2.43. The van der Waals surface area contributed by atoms with E-state index >= 15 is 0 Å². The number of rotatable bonds is 5. The molecule has 2 heterocycles. The second kappa shape index (κ2) is 5.78. The van der Waals surface area contributed by atoms with Crippen molar-refractivity contribution >= 4 is 16.7 Å². The molecule has 4 nitrogen and oxygen atoms in total. The molecule has 3 aromatic rings. The molecule has 0 unspecified atom stereocenters. The third-order valence-electron chi connectivity index (χ3n) is 4.39. The van der Waals surface area contributed by atoms with Crippen LogP contribution in [0.4, 0.5) is 14.5 Å². The Morgan fingerprint density at radius 1 is 1.33 bits per heavy atom. The van der Waals surface area contributed by atoms with Crippen LogP contribution in [-0.2, 0) is 6.61 Å². The number of aromatic amines is 1. The first kappa shape index (κ1) is 14.9. The Morgan fingerprint density at radius 2 is 2.17 bits per heavy atom. The summed E-state index contributed by atoms with van der Waals surface area (Å²) in [4.78, 5) is 7.47. The summed E-state index contributed by atoms with van der Waals surface area (Å²) in [6, 6.07) is 4.47. The van der Waals surface area contributed by atoms with E-state index in [0.29, 0.717) is 11.7 Å². The summed E-state index contributed by atoms with van der Waals surface area (Å²) in [6.07, 6.45) is 5.92. The monoisotopic (exact) mass is 329 g/mol. The van der Waals surface area contributed by atoms with E-state index in [0.717, 1.165) is 11.0 Å². The van der Waals surface area contributed by atoms with Crippen LogP contribution in [0.15, 0.2) is 30.6 Å². The maximum Gasteiger partial charge on any atom is 0.155 e. The van der Waals surface area contributed by atoms with Gasteiger partial charge in [-0.3, -0.25) is 0 Å². The van der Waals surface area contributed by atoms with Crippen LogP contribution in [0.1, 0.15) is 29.9 Å². The van der Waals surface area contributed by atoms with Gasteiger partial charge in [-0.1, -0.05) is 0 Å². The number of H-pyrrole nitrogens is 1. The van der Waals surface area contributed by atoms with Gasteiger partial charge in [0.25, 0.3) is 0 Å². The lowest BCUT2D eigenvalue weighted by Crippen LogP contribution is -2.05. The zero-order valence-corrected chi connectivity index (χ0v) is 13.2. The van der Waals surface area contributed by atoms with E-state index in [1.54, 1.807) is 13.2 Å². The lowest BCUT2D eigenvalue weighted by molar-refractivity contribution is 0.292. The summed E-state index contributed by atoms with van der Waals surface area (Å²) in [5.41, 5.74) is 2.18. The molecule has 6 heteroatoms. The van der Waals surface area contributed by atoms with Crippen molar-refractivity contribution in [3.63, 3.8) is 0 Å². The minimum absolute atomic E-state index is 0.0987. The Labute approximate surface area is 137 Å². The van der Waals surface area contributed by atoms with Gasteiger partial charge in [0, 0.05) is 18.6 Å². The average Bonchev–Trinajstić information content (AvgIpc) is 3.34.